The summed E-state index contributed by atoms with van der Waals surface area (Å²) in [5, 5.41) is 1.24. The van der Waals surface area contributed by atoms with E-state index in [2.05, 4.69) is 27.7 Å². The van der Waals surface area contributed by atoms with Crippen molar-refractivity contribution in [3.63, 3.8) is 0 Å². The summed E-state index contributed by atoms with van der Waals surface area (Å²) in [6.45, 7) is 9.05. The molecule has 0 bridgehead atoms. The number of aryl methyl sites for hydroxylation is 1. The van der Waals surface area contributed by atoms with Crippen LogP contribution in [0.4, 0.5) is 0 Å². The van der Waals surface area contributed by atoms with Crippen LogP contribution in [0.1, 0.15) is 68.0 Å². The Bertz CT molecular complexity index is 340. The molecule has 1 aromatic heterocycles. The van der Waals surface area contributed by atoms with Gasteiger partial charge in [-0.25, -0.2) is 4.98 Å². The van der Waals surface area contributed by atoms with E-state index in [1.807, 2.05) is 11.3 Å². The van der Waals surface area contributed by atoms with Crippen molar-refractivity contribution in [2.75, 3.05) is 0 Å². The van der Waals surface area contributed by atoms with Gasteiger partial charge in [0.2, 0.25) is 0 Å². The van der Waals surface area contributed by atoms with E-state index in [1.165, 1.54) is 41.3 Å². The van der Waals surface area contributed by atoms with E-state index in [-0.39, 0.29) is 5.41 Å². The fraction of sp³-hybridized carbons (Fsp3) is 0.769. The Labute approximate surface area is 96.9 Å². The molecule has 0 radical (unpaired) electrons. The zero-order valence-corrected chi connectivity index (χ0v) is 11.1. The van der Waals surface area contributed by atoms with Crippen molar-refractivity contribution in [1.29, 1.82) is 0 Å². The summed E-state index contributed by atoms with van der Waals surface area (Å²) >= 11 is 1.90. The van der Waals surface area contributed by atoms with Gasteiger partial charge in [-0.15, -0.1) is 11.3 Å². The average molecular weight is 223 g/mol. The monoisotopic (exact) mass is 223 g/mol. The third-order valence-corrected chi connectivity index (χ3v) is 4.60. The quantitative estimate of drug-likeness (QED) is 0.687. The summed E-state index contributed by atoms with van der Waals surface area (Å²) in [5.41, 5.74) is 1.69. The molecule has 15 heavy (non-hydrogen) atoms. The lowest BCUT2D eigenvalue weighted by Crippen LogP contribution is -2.13. The maximum absolute atomic E-state index is 4.78. The number of hydrogen-bond acceptors (Lipinski definition) is 2. The second kappa shape index (κ2) is 3.89. The Hall–Kier alpha value is -0.370. The van der Waals surface area contributed by atoms with Crippen molar-refractivity contribution in [1.82, 2.24) is 4.98 Å². The summed E-state index contributed by atoms with van der Waals surface area (Å²) in [7, 11) is 0. The first kappa shape index (κ1) is 11.1. The molecule has 84 valence electrons. The van der Waals surface area contributed by atoms with Gasteiger partial charge in [0.25, 0.3) is 0 Å². The summed E-state index contributed by atoms with van der Waals surface area (Å²) in [4.78, 5) is 6.30. The van der Waals surface area contributed by atoms with Crippen molar-refractivity contribution in [2.24, 2.45) is 0 Å². The van der Waals surface area contributed by atoms with Crippen LogP contribution in [0.3, 0.4) is 0 Å². The van der Waals surface area contributed by atoms with Crippen LogP contribution in [0, 0.1) is 6.92 Å². The van der Waals surface area contributed by atoms with E-state index in [1.54, 1.807) is 0 Å². The number of aromatic nitrogens is 1. The van der Waals surface area contributed by atoms with Gasteiger partial charge in [-0.05, 0) is 25.2 Å². The van der Waals surface area contributed by atoms with E-state index in [0.29, 0.717) is 0 Å². The number of nitrogens with zero attached hydrogens (tertiary/aromatic N) is 1. The van der Waals surface area contributed by atoms with Crippen molar-refractivity contribution in [3.05, 3.63) is 15.6 Å². The predicted octanol–water partition coefficient (Wildman–Crippen LogP) is 4.41. The van der Waals surface area contributed by atoms with Crippen molar-refractivity contribution in [3.8, 4) is 0 Å². The summed E-state index contributed by atoms with van der Waals surface area (Å²) in [5.74, 6) is 0.754. The van der Waals surface area contributed by atoms with Crippen LogP contribution in [-0.4, -0.2) is 4.98 Å². The lowest BCUT2D eigenvalue weighted by Gasteiger charge is -2.20. The number of rotatable bonds is 1. The van der Waals surface area contributed by atoms with Crippen LogP contribution in [0.5, 0.6) is 0 Å². The molecular weight excluding hydrogens is 202 g/mol. The van der Waals surface area contributed by atoms with Gasteiger partial charge in [0.05, 0.1) is 10.7 Å². The van der Waals surface area contributed by atoms with Crippen LogP contribution in [-0.2, 0) is 5.41 Å². The Morgan fingerprint density at radius 1 is 1.20 bits per heavy atom. The Morgan fingerprint density at radius 3 is 2.33 bits per heavy atom. The number of thiazole rings is 1. The Kier molecular flexibility index (Phi) is 2.89. The molecule has 2 heteroatoms. The first-order valence-corrected chi connectivity index (χ1v) is 6.78. The molecular formula is C13H21NS. The van der Waals surface area contributed by atoms with E-state index < -0.39 is 0 Å². The number of hydrogen-bond donors (Lipinski definition) is 0. The molecule has 1 nitrogen and oxygen atoms in total. The van der Waals surface area contributed by atoms with Crippen LogP contribution in [0.25, 0.3) is 0 Å². The van der Waals surface area contributed by atoms with Gasteiger partial charge in [-0.2, -0.15) is 0 Å². The molecule has 1 fully saturated rings. The summed E-state index contributed by atoms with van der Waals surface area (Å²) in [6.07, 6.45) is 5.49. The lowest BCUT2D eigenvalue weighted by molar-refractivity contribution is 0.576. The molecule has 0 saturated heterocycles. The summed E-state index contributed by atoms with van der Waals surface area (Å²) < 4.78 is 0. The van der Waals surface area contributed by atoms with Gasteiger partial charge < -0.3 is 0 Å². The van der Waals surface area contributed by atoms with Crippen molar-refractivity contribution >= 4 is 11.3 Å². The molecule has 0 N–H and O–H groups in total. The van der Waals surface area contributed by atoms with Crippen molar-refractivity contribution in [2.45, 2.75) is 64.7 Å². The third-order valence-electron chi connectivity index (χ3n) is 3.18. The molecule has 1 aliphatic carbocycles. The van der Waals surface area contributed by atoms with Crippen LogP contribution in [0.15, 0.2) is 0 Å². The maximum atomic E-state index is 4.78. The van der Waals surface area contributed by atoms with Gasteiger partial charge in [0.15, 0.2) is 0 Å². The molecule has 0 unspecified atom stereocenters. The fourth-order valence-corrected chi connectivity index (χ4v) is 3.52. The minimum absolute atomic E-state index is 0.268. The molecule has 1 saturated carbocycles. The molecule has 0 spiro atoms. The van der Waals surface area contributed by atoms with Gasteiger partial charge >= 0.3 is 0 Å². The molecule has 0 aromatic carbocycles. The van der Waals surface area contributed by atoms with E-state index in [4.69, 9.17) is 4.98 Å². The average Bonchev–Trinajstić information content (AvgIpc) is 2.68. The highest BCUT2D eigenvalue weighted by Gasteiger charge is 2.28. The topological polar surface area (TPSA) is 12.9 Å². The third kappa shape index (κ3) is 2.25. The van der Waals surface area contributed by atoms with E-state index >= 15 is 0 Å². The first-order chi connectivity index (χ1) is 6.98. The van der Waals surface area contributed by atoms with Gasteiger partial charge in [-0.3, -0.25) is 0 Å². The Balaban J connectivity index is 2.37. The lowest BCUT2D eigenvalue weighted by atomic mass is 9.89. The highest BCUT2D eigenvalue weighted by Crippen LogP contribution is 2.41. The van der Waals surface area contributed by atoms with Crippen LogP contribution in [0.2, 0.25) is 0 Å². The minimum atomic E-state index is 0.268. The molecule has 2 rings (SSSR count). The highest BCUT2D eigenvalue weighted by molar-refractivity contribution is 7.11. The van der Waals surface area contributed by atoms with E-state index in [0.717, 1.165) is 5.92 Å². The van der Waals surface area contributed by atoms with Crippen molar-refractivity contribution < 1.29 is 0 Å². The maximum Gasteiger partial charge on any atom is 0.0900 e. The molecule has 0 amide bonds. The normalized spacial score (nSPS) is 18.7. The second-order valence-electron chi connectivity index (χ2n) is 5.68. The molecule has 0 aliphatic heterocycles. The highest BCUT2D eigenvalue weighted by atomic mass is 32.1. The van der Waals surface area contributed by atoms with Gasteiger partial charge in [0, 0.05) is 10.8 Å². The SMILES string of the molecule is Cc1nc(C2CCCC2)c(C(C)(C)C)s1. The van der Waals surface area contributed by atoms with E-state index in [9.17, 15) is 0 Å². The predicted molar refractivity (Wildman–Crippen MR) is 66.8 cm³/mol. The smallest absolute Gasteiger partial charge is 0.0900 e. The van der Waals surface area contributed by atoms with Crippen LogP contribution < -0.4 is 0 Å². The largest absolute Gasteiger partial charge is 0.246 e. The zero-order chi connectivity index (χ0) is 11.1. The molecule has 0 atom stereocenters. The minimum Gasteiger partial charge on any atom is -0.246 e. The summed E-state index contributed by atoms with van der Waals surface area (Å²) in [6, 6.07) is 0. The fourth-order valence-electron chi connectivity index (χ4n) is 2.46. The van der Waals surface area contributed by atoms with Gasteiger partial charge in [0.1, 0.15) is 0 Å². The molecule has 1 heterocycles. The first-order valence-electron chi connectivity index (χ1n) is 5.96. The second-order valence-corrected chi connectivity index (χ2v) is 6.88. The molecule has 1 aliphatic rings. The van der Waals surface area contributed by atoms with Gasteiger partial charge in [-0.1, -0.05) is 33.6 Å². The zero-order valence-electron chi connectivity index (χ0n) is 10.3. The Morgan fingerprint density at radius 2 is 1.80 bits per heavy atom. The molecule has 1 aromatic rings. The standard InChI is InChI=1S/C13H21NS/c1-9-14-11(10-7-5-6-8-10)12(15-9)13(2,3)4/h10H,5-8H2,1-4H3. The van der Waals surface area contributed by atoms with Crippen LogP contribution >= 0.6 is 11.3 Å².